The van der Waals surface area contributed by atoms with E-state index in [0.717, 1.165) is 12.8 Å². The van der Waals surface area contributed by atoms with E-state index in [2.05, 4.69) is 124 Å². The van der Waals surface area contributed by atoms with E-state index in [-0.39, 0.29) is 37.2 Å². The molecule has 0 nitrogen and oxygen atoms in total. The number of hydrogen-bond acceptors (Lipinski definition) is 0. The Labute approximate surface area is 211 Å². The monoisotopic (exact) mass is 504 g/mol. The van der Waals surface area contributed by atoms with Crippen LogP contribution in [0.4, 0.5) is 0 Å². The minimum Gasteiger partial charge on any atom is -1.00 e. The molecule has 0 aromatic heterocycles. The Hall–Kier alpha value is -1.06. The summed E-state index contributed by atoms with van der Waals surface area (Å²) in [5, 5.41) is 4.61. The molecule has 0 radical (unpaired) electrons. The molecule has 0 heterocycles. The van der Waals surface area contributed by atoms with E-state index in [1.54, 1.807) is 9.07 Å². The maximum absolute atomic E-state index is 2.53. The number of halogens is 3. The molecule has 1 aliphatic carbocycles. The van der Waals surface area contributed by atoms with E-state index in [9.17, 15) is 0 Å². The van der Waals surface area contributed by atoms with Crippen molar-refractivity contribution < 1.29 is 57.7 Å². The molecule has 3 aromatic carbocycles. The second-order valence-electron chi connectivity index (χ2n) is 7.31. The predicted molar refractivity (Wildman–Crippen MR) is 114 cm³/mol. The van der Waals surface area contributed by atoms with Crippen molar-refractivity contribution in [2.75, 3.05) is 0 Å². The summed E-state index contributed by atoms with van der Waals surface area (Å²) >= 11 is 2.33. The Morgan fingerprint density at radius 3 is 1.60 bits per heavy atom. The average molecular weight is 506 g/mol. The molecule has 30 heavy (non-hydrogen) atoms. The summed E-state index contributed by atoms with van der Waals surface area (Å²) in [4.78, 5) is 0. The molecule has 4 rings (SSSR count). The summed E-state index contributed by atoms with van der Waals surface area (Å²) in [7, 11) is -2.04. The number of hydrogen-bond donors (Lipinski definition) is 0. The Morgan fingerprint density at radius 1 is 0.700 bits per heavy atom. The Balaban J connectivity index is 0.00000150. The van der Waals surface area contributed by atoms with Crippen LogP contribution in [0.15, 0.2) is 112 Å². The summed E-state index contributed by atoms with van der Waals surface area (Å²) in [6, 6.07) is 33.2. The molecule has 0 amide bonds. The molecule has 0 saturated carbocycles. The SMILES string of the molecule is C[Si](C1=[C]([Ti+3])CC=C1Cc1ccccc1)(c1ccccc1)c1ccccc1.[Cl-].[Cl-].[Cl-]. The molecule has 152 valence electrons. The fraction of sp³-hybridized carbons (Fsp3) is 0.120. The largest absolute Gasteiger partial charge is 1.00 e. The fourth-order valence-corrected chi connectivity index (χ4v) is 9.97. The molecule has 1 aliphatic rings. The first-order chi connectivity index (χ1) is 13.2. The zero-order valence-electron chi connectivity index (χ0n) is 16.8. The summed E-state index contributed by atoms with van der Waals surface area (Å²) in [5.41, 5.74) is 2.92. The first-order valence-corrected chi connectivity index (χ1v) is 12.8. The molecule has 0 spiro atoms. The second-order valence-corrected chi connectivity index (χ2v) is 12.2. The van der Waals surface area contributed by atoms with Crippen LogP contribution in [0.1, 0.15) is 12.0 Å². The van der Waals surface area contributed by atoms with Gasteiger partial charge in [-0.15, -0.1) is 0 Å². The van der Waals surface area contributed by atoms with Crippen molar-refractivity contribution in [1.82, 2.24) is 0 Å². The van der Waals surface area contributed by atoms with Gasteiger partial charge in [0.05, 0.1) is 0 Å². The average Bonchev–Trinajstić information content (AvgIpc) is 3.10. The summed E-state index contributed by atoms with van der Waals surface area (Å²) < 4.78 is 1.54. The van der Waals surface area contributed by atoms with Gasteiger partial charge < -0.3 is 37.2 Å². The number of allylic oxidation sites excluding steroid dienone is 4. The first-order valence-electron chi connectivity index (χ1n) is 9.49. The van der Waals surface area contributed by atoms with Crippen molar-refractivity contribution in [2.24, 2.45) is 0 Å². The summed E-state index contributed by atoms with van der Waals surface area (Å²) in [5.74, 6) is 0. The van der Waals surface area contributed by atoms with Gasteiger partial charge in [-0.3, -0.25) is 0 Å². The van der Waals surface area contributed by atoms with Gasteiger partial charge in [-0.25, -0.2) is 0 Å². The third-order valence-corrected chi connectivity index (χ3v) is 11.3. The Morgan fingerprint density at radius 2 is 1.13 bits per heavy atom. The van der Waals surface area contributed by atoms with Crippen LogP contribution in [-0.4, -0.2) is 8.07 Å². The molecule has 5 heteroatoms. The van der Waals surface area contributed by atoms with Gasteiger partial charge in [-0.05, 0) is 0 Å². The predicted octanol–water partition coefficient (Wildman–Crippen LogP) is -4.20. The van der Waals surface area contributed by atoms with Crippen molar-refractivity contribution in [3.63, 3.8) is 0 Å². The van der Waals surface area contributed by atoms with Crippen LogP contribution in [0.2, 0.25) is 6.55 Å². The van der Waals surface area contributed by atoms with Crippen LogP contribution in [0.5, 0.6) is 0 Å². The second kappa shape index (κ2) is 12.1. The summed E-state index contributed by atoms with van der Waals surface area (Å²) in [6.07, 6.45) is 4.57. The maximum atomic E-state index is 2.53. The van der Waals surface area contributed by atoms with Gasteiger partial charge in [0.15, 0.2) is 0 Å². The van der Waals surface area contributed by atoms with Gasteiger partial charge in [0, 0.05) is 0 Å². The minimum absolute atomic E-state index is 0. The fourth-order valence-electron chi connectivity index (χ4n) is 4.22. The van der Waals surface area contributed by atoms with Gasteiger partial charge in [-0.1, -0.05) is 0 Å². The van der Waals surface area contributed by atoms with Crippen molar-refractivity contribution >= 4 is 18.4 Å². The van der Waals surface area contributed by atoms with Gasteiger partial charge in [-0.2, -0.15) is 0 Å². The number of rotatable bonds is 5. The minimum atomic E-state index is -2.04. The van der Waals surface area contributed by atoms with Crippen molar-refractivity contribution in [1.29, 1.82) is 0 Å². The molecule has 0 aliphatic heterocycles. The zero-order valence-corrected chi connectivity index (χ0v) is 21.6. The molecule has 0 N–H and O–H groups in total. The van der Waals surface area contributed by atoms with Gasteiger partial charge >= 0.3 is 176 Å². The van der Waals surface area contributed by atoms with Crippen LogP contribution in [0, 0.1) is 0 Å². The molecule has 0 fully saturated rings. The third-order valence-electron chi connectivity index (χ3n) is 5.62. The van der Waals surface area contributed by atoms with E-state index in [4.69, 9.17) is 0 Å². The Bertz CT molecular complexity index is 947. The van der Waals surface area contributed by atoms with Crippen molar-refractivity contribution in [3.8, 4) is 0 Å². The van der Waals surface area contributed by atoms with Gasteiger partial charge in [0.25, 0.3) is 0 Å². The first kappa shape index (κ1) is 27.0. The molecule has 0 atom stereocenters. The van der Waals surface area contributed by atoms with E-state index >= 15 is 0 Å². The van der Waals surface area contributed by atoms with Crippen LogP contribution < -0.4 is 47.6 Å². The Kier molecular flexibility index (Phi) is 10.9. The third kappa shape index (κ3) is 5.40. The van der Waals surface area contributed by atoms with Gasteiger partial charge in [0.1, 0.15) is 0 Å². The van der Waals surface area contributed by atoms with Crippen LogP contribution in [0.25, 0.3) is 0 Å². The van der Waals surface area contributed by atoms with Crippen molar-refractivity contribution in [3.05, 3.63) is 117 Å². The standard InChI is InChI=1S/C25H23Si.3ClH.Ti/c1-26(23-15-7-3-8-16-23,24-17-9-4-10-18-24)25-19-11-14-22(25)20-21-12-5-2-6-13-21;;;;/h2-10,12-18H,11,20H2,1H3;3*1H;/q;;;;+3/p-3. The van der Waals surface area contributed by atoms with E-state index in [0.29, 0.717) is 0 Å². The van der Waals surface area contributed by atoms with Gasteiger partial charge in [0.2, 0.25) is 0 Å². The number of benzene rings is 3. The maximum Gasteiger partial charge on any atom is -1.00 e. The van der Waals surface area contributed by atoms with Crippen LogP contribution in [-0.2, 0) is 26.9 Å². The van der Waals surface area contributed by atoms with E-state index < -0.39 is 8.07 Å². The molecular formula is C25H23Cl3SiTi. The van der Waals surface area contributed by atoms with E-state index in [1.807, 2.05) is 0 Å². The molecule has 3 aromatic rings. The molecule has 0 saturated heterocycles. The van der Waals surface area contributed by atoms with Crippen LogP contribution in [0.3, 0.4) is 0 Å². The van der Waals surface area contributed by atoms with E-state index in [1.165, 1.54) is 21.5 Å². The molecule has 0 bridgehead atoms. The van der Waals surface area contributed by atoms with Crippen molar-refractivity contribution in [2.45, 2.75) is 19.4 Å². The molecule has 0 unspecified atom stereocenters. The summed E-state index contributed by atoms with van der Waals surface area (Å²) in [6.45, 7) is 2.53. The normalized spacial score (nSPS) is 13.0. The molecular weight excluding hydrogens is 483 g/mol. The smallest absolute Gasteiger partial charge is 1.00 e. The topological polar surface area (TPSA) is 0 Å². The van der Waals surface area contributed by atoms with Crippen LogP contribution >= 0.6 is 0 Å². The zero-order chi connectivity index (χ0) is 18.7. The quantitative estimate of drug-likeness (QED) is 0.309.